The fraction of sp³-hybridized carbons (Fsp3) is 1.00. The van der Waals surface area contributed by atoms with Crippen LogP contribution in [-0.2, 0) is 14.2 Å². The summed E-state index contributed by atoms with van der Waals surface area (Å²) in [7, 11) is 0. The maximum absolute atomic E-state index is 9.70. The second kappa shape index (κ2) is 7.27. The molecule has 0 aliphatic carbocycles. The molecule has 0 saturated carbocycles. The van der Waals surface area contributed by atoms with Crippen LogP contribution in [0.1, 0.15) is 6.42 Å². The normalized spacial score (nSPS) is 48.3. The monoisotopic (exact) mass is 310 g/mol. The van der Waals surface area contributed by atoms with E-state index >= 15 is 0 Å². The fourth-order valence-electron chi connectivity index (χ4n) is 2.43. The number of rotatable bonds is 4. The van der Waals surface area contributed by atoms with Gasteiger partial charge < -0.3 is 44.8 Å². The van der Waals surface area contributed by atoms with Gasteiger partial charge in [-0.15, -0.1) is 0 Å². The predicted octanol–water partition coefficient (Wildman–Crippen LogP) is -3.69. The van der Waals surface area contributed by atoms with E-state index < -0.39 is 55.6 Å². The summed E-state index contributed by atoms with van der Waals surface area (Å²) < 4.78 is 15.7. The Balaban J connectivity index is 1.83. The Hall–Kier alpha value is -0.360. The zero-order chi connectivity index (χ0) is 15.6. The molecule has 8 atom stereocenters. The zero-order valence-electron chi connectivity index (χ0n) is 11.4. The molecular weight excluding hydrogens is 288 g/mol. The van der Waals surface area contributed by atoms with Gasteiger partial charge in [0.2, 0.25) is 0 Å². The SMILES string of the molecule is OCC1OC(COC2OC[C@@H](O)C(O)C2O)C[C@@H](O)C1O. The Morgan fingerprint density at radius 1 is 0.952 bits per heavy atom. The van der Waals surface area contributed by atoms with Gasteiger partial charge in [0, 0.05) is 6.42 Å². The van der Waals surface area contributed by atoms with Gasteiger partial charge in [0.1, 0.15) is 30.5 Å². The Labute approximate surface area is 121 Å². The third kappa shape index (κ3) is 3.89. The van der Waals surface area contributed by atoms with E-state index in [1.807, 2.05) is 0 Å². The quantitative estimate of drug-likeness (QED) is 0.308. The van der Waals surface area contributed by atoms with Crippen molar-refractivity contribution < 1.29 is 44.8 Å². The van der Waals surface area contributed by atoms with Crippen molar-refractivity contribution in [2.45, 2.75) is 55.4 Å². The second-order valence-corrected chi connectivity index (χ2v) is 5.36. The van der Waals surface area contributed by atoms with Crippen LogP contribution in [0.15, 0.2) is 0 Å². The Morgan fingerprint density at radius 3 is 2.33 bits per heavy atom. The largest absolute Gasteiger partial charge is 0.394 e. The molecule has 124 valence electrons. The average Bonchev–Trinajstić information content (AvgIpc) is 2.47. The lowest BCUT2D eigenvalue weighted by atomic mass is 9.98. The second-order valence-electron chi connectivity index (χ2n) is 5.36. The van der Waals surface area contributed by atoms with Crippen molar-refractivity contribution in [1.82, 2.24) is 0 Å². The van der Waals surface area contributed by atoms with Gasteiger partial charge >= 0.3 is 0 Å². The van der Waals surface area contributed by atoms with Crippen LogP contribution in [0.2, 0.25) is 0 Å². The van der Waals surface area contributed by atoms with Gasteiger partial charge in [-0.1, -0.05) is 0 Å². The number of aliphatic hydroxyl groups excluding tert-OH is 6. The highest BCUT2D eigenvalue weighted by molar-refractivity contribution is 4.86. The predicted molar refractivity (Wildman–Crippen MR) is 66.1 cm³/mol. The fourth-order valence-corrected chi connectivity index (χ4v) is 2.43. The van der Waals surface area contributed by atoms with Gasteiger partial charge in [-0.3, -0.25) is 0 Å². The molecule has 2 heterocycles. The molecule has 2 saturated heterocycles. The smallest absolute Gasteiger partial charge is 0.186 e. The molecule has 2 fully saturated rings. The maximum atomic E-state index is 9.70. The first-order valence-electron chi connectivity index (χ1n) is 6.84. The lowest BCUT2D eigenvalue weighted by Gasteiger charge is -2.38. The highest BCUT2D eigenvalue weighted by Crippen LogP contribution is 2.22. The lowest BCUT2D eigenvalue weighted by Crippen LogP contribution is -2.55. The molecule has 2 rings (SSSR count). The lowest BCUT2D eigenvalue weighted by molar-refractivity contribution is -0.282. The number of hydrogen-bond donors (Lipinski definition) is 6. The van der Waals surface area contributed by atoms with Crippen LogP contribution in [0.3, 0.4) is 0 Å². The molecule has 2 aliphatic heterocycles. The molecular formula is C12H22O9. The van der Waals surface area contributed by atoms with Crippen molar-refractivity contribution >= 4 is 0 Å². The van der Waals surface area contributed by atoms with Gasteiger partial charge in [0.05, 0.1) is 32.0 Å². The van der Waals surface area contributed by atoms with E-state index in [0.717, 1.165) is 0 Å². The summed E-state index contributed by atoms with van der Waals surface area (Å²) in [5, 5.41) is 56.8. The third-order valence-corrected chi connectivity index (χ3v) is 3.73. The first-order valence-corrected chi connectivity index (χ1v) is 6.84. The Bertz CT molecular complexity index is 328. The van der Waals surface area contributed by atoms with Crippen molar-refractivity contribution in [3.05, 3.63) is 0 Å². The highest BCUT2D eigenvalue weighted by Gasteiger charge is 2.40. The molecule has 0 bridgehead atoms. The average molecular weight is 310 g/mol. The molecule has 0 aromatic carbocycles. The molecule has 0 aromatic rings. The first kappa shape index (κ1) is 17.0. The van der Waals surface area contributed by atoms with Crippen molar-refractivity contribution in [2.75, 3.05) is 19.8 Å². The van der Waals surface area contributed by atoms with Crippen LogP contribution in [0, 0.1) is 0 Å². The zero-order valence-corrected chi connectivity index (χ0v) is 11.4. The van der Waals surface area contributed by atoms with Crippen LogP contribution in [0.25, 0.3) is 0 Å². The molecule has 0 aromatic heterocycles. The van der Waals surface area contributed by atoms with Crippen LogP contribution >= 0.6 is 0 Å². The van der Waals surface area contributed by atoms with Crippen molar-refractivity contribution in [1.29, 1.82) is 0 Å². The summed E-state index contributed by atoms with van der Waals surface area (Å²) >= 11 is 0. The van der Waals surface area contributed by atoms with Crippen LogP contribution < -0.4 is 0 Å². The number of hydrogen-bond acceptors (Lipinski definition) is 9. The van der Waals surface area contributed by atoms with E-state index in [4.69, 9.17) is 19.3 Å². The minimum Gasteiger partial charge on any atom is -0.394 e. The molecule has 2 aliphatic rings. The van der Waals surface area contributed by atoms with Gasteiger partial charge in [0.25, 0.3) is 0 Å². The van der Waals surface area contributed by atoms with Gasteiger partial charge in [-0.25, -0.2) is 0 Å². The van der Waals surface area contributed by atoms with E-state index in [9.17, 15) is 25.5 Å². The summed E-state index contributed by atoms with van der Waals surface area (Å²) in [4.78, 5) is 0. The minimum atomic E-state index is -1.40. The van der Waals surface area contributed by atoms with E-state index in [1.165, 1.54) is 0 Å². The van der Waals surface area contributed by atoms with E-state index in [1.54, 1.807) is 0 Å². The molecule has 0 radical (unpaired) electrons. The van der Waals surface area contributed by atoms with E-state index in [-0.39, 0.29) is 19.6 Å². The molecule has 6 unspecified atom stereocenters. The standard InChI is InChI=1S/C12H22O9/c13-2-8-9(16)6(14)1-5(21-8)3-19-12-11(18)10(17)7(15)4-20-12/h5-18H,1-4H2/t5?,6-,7-,8?,9?,10?,11?,12?/m1/s1. The molecule has 9 heteroatoms. The number of aliphatic hydroxyl groups is 6. The molecule has 6 N–H and O–H groups in total. The van der Waals surface area contributed by atoms with E-state index in [0.29, 0.717) is 0 Å². The van der Waals surface area contributed by atoms with Crippen LogP contribution in [-0.4, -0.2) is 99.5 Å². The molecule has 21 heavy (non-hydrogen) atoms. The summed E-state index contributed by atoms with van der Waals surface area (Å²) in [6.45, 7) is -0.679. The Morgan fingerprint density at radius 2 is 1.67 bits per heavy atom. The summed E-state index contributed by atoms with van der Waals surface area (Å²) in [5.41, 5.74) is 0. The van der Waals surface area contributed by atoms with Gasteiger partial charge in [-0.05, 0) is 0 Å². The summed E-state index contributed by atoms with van der Waals surface area (Å²) in [5.74, 6) is 0. The van der Waals surface area contributed by atoms with Gasteiger partial charge in [-0.2, -0.15) is 0 Å². The molecule has 0 amide bonds. The molecule has 9 nitrogen and oxygen atoms in total. The van der Waals surface area contributed by atoms with Crippen LogP contribution in [0.4, 0.5) is 0 Å². The first-order chi connectivity index (χ1) is 9.93. The van der Waals surface area contributed by atoms with Crippen molar-refractivity contribution in [2.24, 2.45) is 0 Å². The third-order valence-electron chi connectivity index (χ3n) is 3.73. The molecule has 0 spiro atoms. The van der Waals surface area contributed by atoms with E-state index in [2.05, 4.69) is 0 Å². The Kier molecular flexibility index (Phi) is 5.88. The highest BCUT2D eigenvalue weighted by atomic mass is 16.7. The maximum Gasteiger partial charge on any atom is 0.186 e. The summed E-state index contributed by atoms with van der Waals surface area (Å²) in [6.07, 6.45) is -8.69. The van der Waals surface area contributed by atoms with Crippen LogP contribution in [0.5, 0.6) is 0 Å². The number of ether oxygens (including phenoxy) is 3. The van der Waals surface area contributed by atoms with Gasteiger partial charge in [0.15, 0.2) is 6.29 Å². The van der Waals surface area contributed by atoms with Crippen molar-refractivity contribution in [3.8, 4) is 0 Å². The minimum absolute atomic E-state index is 0.0647. The van der Waals surface area contributed by atoms with Crippen molar-refractivity contribution in [3.63, 3.8) is 0 Å². The summed E-state index contributed by atoms with van der Waals surface area (Å²) in [6, 6.07) is 0. The topological polar surface area (TPSA) is 149 Å².